The van der Waals surface area contributed by atoms with Crippen LogP contribution in [-0.4, -0.2) is 26.2 Å². The first kappa shape index (κ1) is 10.9. The Morgan fingerprint density at radius 1 is 1.67 bits per heavy atom. The maximum Gasteiger partial charge on any atom is 0.239 e. The van der Waals surface area contributed by atoms with E-state index in [9.17, 15) is 4.79 Å². The van der Waals surface area contributed by atoms with Gasteiger partial charge in [-0.3, -0.25) is 4.79 Å². The second-order valence-electron chi connectivity index (χ2n) is 2.99. The van der Waals surface area contributed by atoms with Crippen LogP contribution < -0.4 is 5.32 Å². The number of nitriles is 1. The van der Waals surface area contributed by atoms with Gasteiger partial charge >= 0.3 is 0 Å². The van der Waals surface area contributed by atoms with Crippen LogP contribution in [0.3, 0.4) is 0 Å². The van der Waals surface area contributed by atoms with Gasteiger partial charge in [-0.15, -0.1) is 0 Å². The molecule has 0 aromatic heterocycles. The summed E-state index contributed by atoms with van der Waals surface area (Å²) in [6.07, 6.45) is 0. The van der Waals surface area contributed by atoms with Crippen molar-refractivity contribution in [1.29, 1.82) is 5.26 Å². The maximum absolute atomic E-state index is 11.2. The molecule has 0 saturated heterocycles. The lowest BCUT2D eigenvalue weighted by atomic mass is 9.95. The smallest absolute Gasteiger partial charge is 0.239 e. The zero-order chi connectivity index (χ0) is 9.61. The normalized spacial score (nSPS) is 10.5. The van der Waals surface area contributed by atoms with Gasteiger partial charge < -0.3 is 10.1 Å². The van der Waals surface area contributed by atoms with Crippen molar-refractivity contribution in [2.24, 2.45) is 5.41 Å². The fraction of sp³-hybridized carbons (Fsp3) is 0.750. The molecule has 0 rings (SSSR count). The Morgan fingerprint density at radius 2 is 2.25 bits per heavy atom. The number of hydrogen-bond donors (Lipinski definition) is 1. The van der Waals surface area contributed by atoms with Crippen LogP contribution in [0.15, 0.2) is 0 Å². The average Bonchev–Trinajstić information content (AvgIpc) is 2.05. The lowest BCUT2D eigenvalue weighted by Crippen LogP contribution is -2.37. The van der Waals surface area contributed by atoms with Crippen LogP contribution in [-0.2, 0) is 9.53 Å². The third kappa shape index (κ3) is 3.35. The molecule has 0 unspecified atom stereocenters. The molecule has 1 amide bonds. The molecule has 0 bridgehead atoms. The highest BCUT2D eigenvalue weighted by molar-refractivity contribution is 5.84. The van der Waals surface area contributed by atoms with E-state index in [0.717, 1.165) is 0 Å². The summed E-state index contributed by atoms with van der Waals surface area (Å²) in [6.45, 7) is 4.07. The van der Waals surface area contributed by atoms with E-state index in [1.54, 1.807) is 21.0 Å². The molecule has 0 aliphatic heterocycles. The molecule has 0 fully saturated rings. The molecular weight excluding hydrogens is 156 g/mol. The summed E-state index contributed by atoms with van der Waals surface area (Å²) in [7, 11) is 1.56. The predicted molar refractivity (Wildman–Crippen MR) is 44.3 cm³/mol. The van der Waals surface area contributed by atoms with Crippen molar-refractivity contribution in [1.82, 2.24) is 5.32 Å². The van der Waals surface area contributed by atoms with Crippen LogP contribution in [0, 0.1) is 16.7 Å². The van der Waals surface area contributed by atoms with E-state index in [0.29, 0.717) is 13.2 Å². The molecule has 12 heavy (non-hydrogen) atoms. The average molecular weight is 170 g/mol. The molecule has 0 spiro atoms. The first-order valence-corrected chi connectivity index (χ1v) is 3.73. The standard InChI is InChI=1S/C8H14N2O2/c1-8(2,6-9)7(11)10-4-5-12-3/h4-5H2,1-3H3,(H,10,11). The quantitative estimate of drug-likeness (QED) is 0.617. The van der Waals surface area contributed by atoms with E-state index < -0.39 is 5.41 Å². The number of nitrogens with zero attached hydrogens (tertiary/aromatic N) is 1. The van der Waals surface area contributed by atoms with Crippen LogP contribution >= 0.6 is 0 Å². The first-order chi connectivity index (χ1) is 5.54. The Kier molecular flexibility index (Phi) is 4.30. The van der Waals surface area contributed by atoms with Crippen molar-refractivity contribution in [2.45, 2.75) is 13.8 Å². The molecule has 4 nitrogen and oxygen atoms in total. The monoisotopic (exact) mass is 170 g/mol. The second kappa shape index (κ2) is 4.73. The summed E-state index contributed by atoms with van der Waals surface area (Å²) in [5.41, 5.74) is -0.951. The zero-order valence-corrected chi connectivity index (χ0v) is 7.68. The van der Waals surface area contributed by atoms with Gasteiger partial charge in [-0.1, -0.05) is 0 Å². The number of hydrogen-bond acceptors (Lipinski definition) is 3. The van der Waals surface area contributed by atoms with Crippen LogP contribution in [0.4, 0.5) is 0 Å². The van der Waals surface area contributed by atoms with Crippen LogP contribution in [0.2, 0.25) is 0 Å². The number of nitrogens with one attached hydrogen (secondary N) is 1. The van der Waals surface area contributed by atoms with Crippen molar-refractivity contribution < 1.29 is 9.53 Å². The van der Waals surface area contributed by atoms with Crippen molar-refractivity contribution in [3.05, 3.63) is 0 Å². The Labute approximate surface area is 72.5 Å². The van der Waals surface area contributed by atoms with Crippen molar-refractivity contribution >= 4 is 5.91 Å². The molecule has 1 N–H and O–H groups in total. The van der Waals surface area contributed by atoms with Gasteiger partial charge in [-0.05, 0) is 13.8 Å². The van der Waals surface area contributed by atoms with Gasteiger partial charge in [0.15, 0.2) is 0 Å². The number of ether oxygens (including phenoxy) is 1. The highest BCUT2D eigenvalue weighted by atomic mass is 16.5. The molecule has 0 saturated carbocycles. The minimum absolute atomic E-state index is 0.262. The topological polar surface area (TPSA) is 62.1 Å². The summed E-state index contributed by atoms with van der Waals surface area (Å²) in [5, 5.41) is 11.2. The molecule has 0 radical (unpaired) electrons. The van der Waals surface area contributed by atoms with Crippen LogP contribution in [0.1, 0.15) is 13.8 Å². The van der Waals surface area contributed by atoms with Gasteiger partial charge in [-0.2, -0.15) is 5.26 Å². The summed E-state index contributed by atoms with van der Waals surface area (Å²) in [5.74, 6) is -0.262. The van der Waals surface area contributed by atoms with E-state index in [1.807, 2.05) is 6.07 Å². The number of carbonyl (C=O) groups is 1. The molecule has 0 aromatic rings. The summed E-state index contributed by atoms with van der Waals surface area (Å²) >= 11 is 0. The number of amides is 1. The van der Waals surface area contributed by atoms with Gasteiger partial charge in [0.2, 0.25) is 5.91 Å². The third-order valence-electron chi connectivity index (χ3n) is 1.44. The van der Waals surface area contributed by atoms with Gasteiger partial charge in [0, 0.05) is 13.7 Å². The van der Waals surface area contributed by atoms with Crippen molar-refractivity contribution in [3.63, 3.8) is 0 Å². The Bertz CT molecular complexity index is 194. The van der Waals surface area contributed by atoms with Gasteiger partial charge in [-0.25, -0.2) is 0 Å². The van der Waals surface area contributed by atoms with Gasteiger partial charge in [0.05, 0.1) is 12.7 Å². The van der Waals surface area contributed by atoms with Crippen molar-refractivity contribution in [2.75, 3.05) is 20.3 Å². The number of methoxy groups -OCH3 is 1. The van der Waals surface area contributed by atoms with E-state index in [-0.39, 0.29) is 5.91 Å². The summed E-state index contributed by atoms with van der Waals surface area (Å²) in [6, 6.07) is 1.92. The highest BCUT2D eigenvalue weighted by Gasteiger charge is 2.26. The first-order valence-electron chi connectivity index (χ1n) is 3.73. The third-order valence-corrected chi connectivity index (χ3v) is 1.44. The molecule has 68 valence electrons. The number of rotatable bonds is 4. The van der Waals surface area contributed by atoms with E-state index >= 15 is 0 Å². The lowest BCUT2D eigenvalue weighted by molar-refractivity contribution is -0.126. The minimum atomic E-state index is -0.951. The summed E-state index contributed by atoms with van der Waals surface area (Å²) in [4.78, 5) is 11.2. The molecule has 4 heteroatoms. The predicted octanol–water partition coefficient (Wildman–Crippen LogP) is 0.299. The lowest BCUT2D eigenvalue weighted by Gasteiger charge is -2.14. The second-order valence-corrected chi connectivity index (χ2v) is 2.99. The Hall–Kier alpha value is -1.08. The Morgan fingerprint density at radius 3 is 2.67 bits per heavy atom. The molecule has 0 aromatic carbocycles. The maximum atomic E-state index is 11.2. The molecule has 0 atom stereocenters. The molecule has 0 heterocycles. The van der Waals surface area contributed by atoms with Gasteiger partial charge in [0.1, 0.15) is 5.41 Å². The largest absolute Gasteiger partial charge is 0.383 e. The van der Waals surface area contributed by atoms with E-state index in [2.05, 4.69) is 5.32 Å². The van der Waals surface area contributed by atoms with E-state index in [1.165, 1.54) is 0 Å². The van der Waals surface area contributed by atoms with Crippen molar-refractivity contribution in [3.8, 4) is 6.07 Å². The molecular formula is C8H14N2O2. The van der Waals surface area contributed by atoms with Crippen LogP contribution in [0.5, 0.6) is 0 Å². The van der Waals surface area contributed by atoms with E-state index in [4.69, 9.17) is 10.00 Å². The van der Waals surface area contributed by atoms with Crippen LogP contribution in [0.25, 0.3) is 0 Å². The fourth-order valence-electron chi connectivity index (χ4n) is 0.538. The summed E-state index contributed by atoms with van der Waals surface area (Å²) < 4.78 is 4.74. The van der Waals surface area contributed by atoms with Gasteiger partial charge in [0.25, 0.3) is 0 Å². The highest BCUT2D eigenvalue weighted by Crippen LogP contribution is 2.11. The fourth-order valence-corrected chi connectivity index (χ4v) is 0.538. The zero-order valence-electron chi connectivity index (χ0n) is 7.68. The molecule has 0 aliphatic rings. The molecule has 0 aliphatic carbocycles. The Balaban J connectivity index is 3.82. The SMILES string of the molecule is COCCNC(=O)C(C)(C)C#N. The minimum Gasteiger partial charge on any atom is -0.383 e. The number of carbonyl (C=O) groups excluding carboxylic acids is 1.